The van der Waals surface area contributed by atoms with E-state index in [2.05, 4.69) is 62.4 Å². The van der Waals surface area contributed by atoms with Crippen LogP contribution in [-0.4, -0.2) is 0 Å². The molecular formula is C17H20. The minimum Gasteiger partial charge on any atom is -0.0622 e. The molecule has 0 nitrogen and oxygen atoms in total. The van der Waals surface area contributed by atoms with Gasteiger partial charge >= 0.3 is 0 Å². The number of hydrogen-bond donors (Lipinski definition) is 0. The Morgan fingerprint density at radius 2 is 1.41 bits per heavy atom. The van der Waals surface area contributed by atoms with E-state index in [9.17, 15) is 0 Å². The van der Waals surface area contributed by atoms with E-state index in [0.29, 0.717) is 0 Å². The lowest BCUT2D eigenvalue weighted by Gasteiger charge is -2.09. The van der Waals surface area contributed by atoms with Crippen molar-refractivity contribution in [1.82, 2.24) is 0 Å². The first-order chi connectivity index (χ1) is 8.33. The van der Waals surface area contributed by atoms with Crippen LogP contribution in [0.25, 0.3) is 0 Å². The van der Waals surface area contributed by atoms with Gasteiger partial charge in [-0.25, -0.2) is 0 Å². The Morgan fingerprint density at radius 3 is 2.06 bits per heavy atom. The number of aryl methyl sites for hydroxylation is 2. The van der Waals surface area contributed by atoms with Crippen LogP contribution in [0.2, 0.25) is 0 Å². The highest BCUT2D eigenvalue weighted by Crippen LogP contribution is 2.16. The quantitative estimate of drug-likeness (QED) is 0.722. The molecule has 0 amide bonds. The number of hydrogen-bond acceptors (Lipinski definition) is 0. The molecule has 0 heterocycles. The summed E-state index contributed by atoms with van der Waals surface area (Å²) >= 11 is 0. The van der Waals surface area contributed by atoms with Crippen molar-refractivity contribution in [3.63, 3.8) is 0 Å². The predicted octanol–water partition coefficient (Wildman–Crippen LogP) is 4.40. The SMILES string of the molecule is CCc1ccc(Cc2ccccc2)cc1CC. The Bertz CT molecular complexity index is 469. The van der Waals surface area contributed by atoms with E-state index < -0.39 is 0 Å². The molecule has 0 radical (unpaired) electrons. The van der Waals surface area contributed by atoms with Gasteiger partial charge in [0.05, 0.1) is 0 Å². The van der Waals surface area contributed by atoms with Gasteiger partial charge in [0.1, 0.15) is 0 Å². The zero-order valence-electron chi connectivity index (χ0n) is 10.7. The Kier molecular flexibility index (Phi) is 3.98. The van der Waals surface area contributed by atoms with E-state index in [1.807, 2.05) is 0 Å². The fourth-order valence-electron chi connectivity index (χ4n) is 2.29. The normalized spacial score (nSPS) is 10.5. The third-order valence-electron chi connectivity index (χ3n) is 3.28. The zero-order chi connectivity index (χ0) is 12.1. The summed E-state index contributed by atoms with van der Waals surface area (Å²) in [6.45, 7) is 4.46. The monoisotopic (exact) mass is 224 g/mol. The summed E-state index contributed by atoms with van der Waals surface area (Å²) in [4.78, 5) is 0. The van der Waals surface area contributed by atoms with Crippen molar-refractivity contribution in [1.29, 1.82) is 0 Å². The summed E-state index contributed by atoms with van der Waals surface area (Å²) in [6.07, 6.45) is 3.30. The summed E-state index contributed by atoms with van der Waals surface area (Å²) in [5.41, 5.74) is 5.80. The van der Waals surface area contributed by atoms with E-state index in [1.54, 1.807) is 0 Å². The van der Waals surface area contributed by atoms with Crippen molar-refractivity contribution in [2.24, 2.45) is 0 Å². The smallest absolute Gasteiger partial charge is 0.00257 e. The third-order valence-corrected chi connectivity index (χ3v) is 3.28. The van der Waals surface area contributed by atoms with Crippen molar-refractivity contribution in [3.8, 4) is 0 Å². The lowest BCUT2D eigenvalue weighted by atomic mass is 9.97. The van der Waals surface area contributed by atoms with Crippen LogP contribution in [0, 0.1) is 0 Å². The lowest BCUT2D eigenvalue weighted by Crippen LogP contribution is -1.95. The second kappa shape index (κ2) is 5.67. The van der Waals surface area contributed by atoms with Crippen LogP contribution in [0.5, 0.6) is 0 Å². The summed E-state index contributed by atoms with van der Waals surface area (Å²) in [6, 6.07) is 17.6. The maximum absolute atomic E-state index is 2.37. The molecule has 0 saturated heterocycles. The molecule has 2 aromatic carbocycles. The van der Waals surface area contributed by atoms with Gasteiger partial charge < -0.3 is 0 Å². The third kappa shape index (κ3) is 2.97. The molecule has 88 valence electrons. The highest BCUT2D eigenvalue weighted by atomic mass is 14.1. The van der Waals surface area contributed by atoms with E-state index in [-0.39, 0.29) is 0 Å². The standard InChI is InChI=1S/C17H20/c1-3-16-11-10-15(13-17(16)4-2)12-14-8-6-5-7-9-14/h5-11,13H,3-4,12H2,1-2H3. The van der Waals surface area contributed by atoms with Crippen LogP contribution in [0.15, 0.2) is 48.5 Å². The van der Waals surface area contributed by atoms with E-state index in [0.717, 1.165) is 19.3 Å². The number of benzene rings is 2. The van der Waals surface area contributed by atoms with Crippen LogP contribution in [0.3, 0.4) is 0 Å². The Hall–Kier alpha value is -1.56. The molecule has 0 atom stereocenters. The molecule has 0 spiro atoms. The van der Waals surface area contributed by atoms with Gasteiger partial charge in [-0.1, -0.05) is 62.4 Å². The second-order valence-electron chi connectivity index (χ2n) is 4.47. The average Bonchev–Trinajstić information content (AvgIpc) is 2.40. The Balaban J connectivity index is 2.22. The van der Waals surface area contributed by atoms with E-state index in [4.69, 9.17) is 0 Å². The molecule has 2 rings (SSSR count). The first-order valence-corrected chi connectivity index (χ1v) is 6.48. The molecule has 0 aliphatic heterocycles. The van der Waals surface area contributed by atoms with Crippen LogP contribution < -0.4 is 0 Å². The fraction of sp³-hybridized carbons (Fsp3) is 0.294. The maximum atomic E-state index is 2.37. The molecule has 0 aliphatic carbocycles. The van der Waals surface area contributed by atoms with Gasteiger partial charge in [0, 0.05) is 0 Å². The molecule has 0 N–H and O–H groups in total. The Morgan fingerprint density at radius 1 is 0.706 bits per heavy atom. The summed E-state index contributed by atoms with van der Waals surface area (Å²) < 4.78 is 0. The molecule has 0 bridgehead atoms. The second-order valence-corrected chi connectivity index (χ2v) is 4.47. The van der Waals surface area contributed by atoms with Gasteiger partial charge in [-0.2, -0.15) is 0 Å². The molecule has 0 saturated carbocycles. The predicted molar refractivity (Wildman–Crippen MR) is 74.4 cm³/mol. The Labute approximate surface area is 104 Å². The van der Waals surface area contributed by atoms with Crippen molar-refractivity contribution in [2.75, 3.05) is 0 Å². The van der Waals surface area contributed by atoms with Gasteiger partial charge in [-0.3, -0.25) is 0 Å². The van der Waals surface area contributed by atoms with Crippen molar-refractivity contribution < 1.29 is 0 Å². The molecule has 0 fully saturated rings. The first-order valence-electron chi connectivity index (χ1n) is 6.48. The minimum absolute atomic E-state index is 1.04. The first kappa shape index (κ1) is 11.9. The molecular weight excluding hydrogens is 204 g/mol. The van der Waals surface area contributed by atoms with Crippen LogP contribution in [0.1, 0.15) is 36.1 Å². The van der Waals surface area contributed by atoms with Crippen molar-refractivity contribution in [2.45, 2.75) is 33.1 Å². The van der Waals surface area contributed by atoms with Gasteiger partial charge in [0.25, 0.3) is 0 Å². The van der Waals surface area contributed by atoms with Crippen LogP contribution in [-0.2, 0) is 19.3 Å². The van der Waals surface area contributed by atoms with Gasteiger partial charge in [0.2, 0.25) is 0 Å². The molecule has 0 heteroatoms. The average molecular weight is 224 g/mol. The summed E-state index contributed by atoms with van der Waals surface area (Å²) in [5.74, 6) is 0. The lowest BCUT2D eigenvalue weighted by molar-refractivity contribution is 1.02. The van der Waals surface area contributed by atoms with Gasteiger partial charge in [-0.15, -0.1) is 0 Å². The van der Waals surface area contributed by atoms with Crippen LogP contribution in [0.4, 0.5) is 0 Å². The molecule has 0 unspecified atom stereocenters. The molecule has 0 aromatic heterocycles. The van der Waals surface area contributed by atoms with Crippen LogP contribution >= 0.6 is 0 Å². The van der Waals surface area contributed by atoms with Crippen molar-refractivity contribution >= 4 is 0 Å². The fourth-order valence-corrected chi connectivity index (χ4v) is 2.29. The van der Waals surface area contributed by atoms with Crippen molar-refractivity contribution in [3.05, 3.63) is 70.8 Å². The highest BCUT2D eigenvalue weighted by molar-refractivity contribution is 5.35. The number of rotatable bonds is 4. The zero-order valence-corrected chi connectivity index (χ0v) is 10.7. The van der Waals surface area contributed by atoms with Gasteiger partial charge in [0.15, 0.2) is 0 Å². The maximum Gasteiger partial charge on any atom is -0.00257 e. The summed E-state index contributed by atoms with van der Waals surface area (Å²) in [5, 5.41) is 0. The molecule has 2 aromatic rings. The van der Waals surface area contributed by atoms with Gasteiger partial charge in [-0.05, 0) is 41.5 Å². The topological polar surface area (TPSA) is 0 Å². The van der Waals surface area contributed by atoms with E-state index >= 15 is 0 Å². The molecule has 0 aliphatic rings. The minimum atomic E-state index is 1.04. The van der Waals surface area contributed by atoms with E-state index in [1.165, 1.54) is 22.3 Å². The largest absolute Gasteiger partial charge is 0.0622 e. The molecule has 17 heavy (non-hydrogen) atoms. The summed E-state index contributed by atoms with van der Waals surface area (Å²) in [7, 11) is 0. The highest BCUT2D eigenvalue weighted by Gasteiger charge is 2.01.